The van der Waals surface area contributed by atoms with Crippen molar-refractivity contribution in [3.05, 3.63) is 23.8 Å². The van der Waals surface area contributed by atoms with Crippen LogP contribution in [-0.4, -0.2) is 64.0 Å². The van der Waals surface area contributed by atoms with Crippen LogP contribution in [0.3, 0.4) is 0 Å². The number of benzene rings is 1. The third kappa shape index (κ3) is 10.9. The minimum atomic E-state index is 0. The second-order valence-electron chi connectivity index (χ2n) is 6.04. The molecule has 0 amide bonds. The van der Waals surface area contributed by atoms with Gasteiger partial charge in [-0.05, 0) is 44.1 Å². The molecule has 0 bridgehead atoms. The van der Waals surface area contributed by atoms with Crippen LogP contribution in [0.25, 0.3) is 0 Å². The molecule has 0 aliphatic heterocycles. The Hall–Kier alpha value is -1.26. The van der Waals surface area contributed by atoms with Crippen LogP contribution < -0.4 is 20.5 Å². The lowest BCUT2D eigenvalue weighted by atomic mass is 10.2. The van der Waals surface area contributed by atoms with Crippen molar-refractivity contribution in [2.45, 2.75) is 33.7 Å². The van der Waals surface area contributed by atoms with Gasteiger partial charge in [-0.1, -0.05) is 19.9 Å². The van der Waals surface area contributed by atoms with E-state index in [2.05, 4.69) is 29.1 Å². The Kier molecular flexibility index (Phi) is 15.9. The standard InChI is InChI=1S/C20H36N4O3.HI/c1-5-24(6-2)12-14-27-18-10-9-17(15-19(18)25-4)16-23-20(21)22-11-8-13-26-7-3;/h9-10,15H,5-8,11-14,16H2,1-4H3,(H3,21,22,23);1H. The topological polar surface area (TPSA) is 81.3 Å². The van der Waals surface area contributed by atoms with Gasteiger partial charge in [-0.15, -0.1) is 24.0 Å². The number of nitrogens with zero attached hydrogens (tertiary/aromatic N) is 2. The number of guanidine groups is 1. The van der Waals surface area contributed by atoms with Gasteiger partial charge in [-0.2, -0.15) is 0 Å². The molecule has 7 nitrogen and oxygen atoms in total. The predicted octanol–water partition coefficient (Wildman–Crippen LogP) is 2.86. The number of aliphatic imine (C=N–C) groups is 1. The van der Waals surface area contributed by atoms with Crippen LogP contribution in [-0.2, 0) is 11.3 Å². The van der Waals surface area contributed by atoms with E-state index >= 15 is 0 Å². The fourth-order valence-electron chi connectivity index (χ4n) is 2.52. The van der Waals surface area contributed by atoms with Gasteiger partial charge in [-0.25, -0.2) is 4.99 Å². The van der Waals surface area contributed by atoms with Gasteiger partial charge in [0.1, 0.15) is 6.61 Å². The van der Waals surface area contributed by atoms with Crippen LogP contribution in [0.4, 0.5) is 0 Å². The monoisotopic (exact) mass is 508 g/mol. The minimum absolute atomic E-state index is 0. The number of nitrogens with one attached hydrogen (secondary N) is 1. The average Bonchev–Trinajstić information content (AvgIpc) is 2.70. The van der Waals surface area contributed by atoms with E-state index in [0.29, 0.717) is 24.9 Å². The molecule has 0 saturated carbocycles. The van der Waals surface area contributed by atoms with Gasteiger partial charge in [0.2, 0.25) is 0 Å². The molecule has 3 N–H and O–H groups in total. The smallest absolute Gasteiger partial charge is 0.188 e. The van der Waals surface area contributed by atoms with Crippen molar-refractivity contribution >= 4 is 29.9 Å². The lowest BCUT2D eigenvalue weighted by molar-refractivity contribution is 0.145. The molecule has 1 rings (SSSR count). The SMILES string of the molecule is CCOCCCNC(N)=NCc1ccc(OCCN(CC)CC)c(OC)c1.I. The first-order valence-corrected chi connectivity index (χ1v) is 9.78. The lowest BCUT2D eigenvalue weighted by Crippen LogP contribution is -2.32. The zero-order valence-electron chi connectivity index (χ0n) is 17.7. The highest BCUT2D eigenvalue weighted by Gasteiger charge is 2.07. The summed E-state index contributed by atoms with van der Waals surface area (Å²) >= 11 is 0. The Bertz CT molecular complexity index is 554. The van der Waals surface area contributed by atoms with Crippen molar-refractivity contribution in [1.82, 2.24) is 10.2 Å². The van der Waals surface area contributed by atoms with E-state index < -0.39 is 0 Å². The maximum absolute atomic E-state index is 5.89. The van der Waals surface area contributed by atoms with Gasteiger partial charge in [0, 0.05) is 26.3 Å². The number of nitrogens with two attached hydrogens (primary N) is 1. The highest BCUT2D eigenvalue weighted by molar-refractivity contribution is 14.0. The molecule has 0 unspecified atom stereocenters. The molecule has 0 aromatic heterocycles. The van der Waals surface area contributed by atoms with Crippen LogP contribution in [0.5, 0.6) is 11.5 Å². The van der Waals surface area contributed by atoms with Gasteiger partial charge in [0.15, 0.2) is 17.5 Å². The Morgan fingerprint density at radius 3 is 2.54 bits per heavy atom. The third-order valence-corrected chi connectivity index (χ3v) is 4.20. The molecule has 0 atom stereocenters. The molecule has 0 heterocycles. The molecular weight excluding hydrogens is 471 g/mol. The van der Waals surface area contributed by atoms with Crippen molar-refractivity contribution in [2.24, 2.45) is 10.7 Å². The Labute approximate surface area is 187 Å². The van der Waals surface area contributed by atoms with Gasteiger partial charge in [-0.3, -0.25) is 0 Å². The van der Waals surface area contributed by atoms with Crippen molar-refractivity contribution < 1.29 is 14.2 Å². The second-order valence-corrected chi connectivity index (χ2v) is 6.04. The summed E-state index contributed by atoms with van der Waals surface area (Å²) in [5, 5.41) is 3.09. The predicted molar refractivity (Wildman–Crippen MR) is 126 cm³/mol. The number of hydrogen-bond donors (Lipinski definition) is 2. The molecule has 8 heteroatoms. The summed E-state index contributed by atoms with van der Waals surface area (Å²) < 4.78 is 16.6. The van der Waals surface area contributed by atoms with E-state index in [0.717, 1.165) is 57.1 Å². The quantitative estimate of drug-likeness (QED) is 0.174. The van der Waals surface area contributed by atoms with Crippen LogP contribution >= 0.6 is 24.0 Å². The second kappa shape index (κ2) is 16.7. The van der Waals surface area contributed by atoms with Crippen LogP contribution in [0.2, 0.25) is 0 Å². The zero-order chi connectivity index (χ0) is 19.9. The molecule has 1 aromatic carbocycles. The summed E-state index contributed by atoms with van der Waals surface area (Å²) in [6.45, 7) is 12.6. The molecule has 0 aliphatic rings. The summed E-state index contributed by atoms with van der Waals surface area (Å²) in [5.74, 6) is 1.90. The first kappa shape index (κ1) is 26.7. The lowest BCUT2D eigenvalue weighted by Gasteiger charge is -2.18. The maximum atomic E-state index is 5.89. The fourth-order valence-corrected chi connectivity index (χ4v) is 2.52. The van der Waals surface area contributed by atoms with Crippen molar-refractivity contribution in [2.75, 3.05) is 53.1 Å². The number of ether oxygens (including phenoxy) is 3. The minimum Gasteiger partial charge on any atom is -0.493 e. The molecule has 0 aliphatic carbocycles. The zero-order valence-corrected chi connectivity index (χ0v) is 20.0. The molecule has 0 fully saturated rings. The molecular formula is C20H37IN4O3. The first-order valence-electron chi connectivity index (χ1n) is 9.78. The number of rotatable bonds is 14. The summed E-state index contributed by atoms with van der Waals surface area (Å²) in [6.07, 6.45) is 0.900. The van der Waals surface area contributed by atoms with Gasteiger partial charge < -0.3 is 30.2 Å². The van der Waals surface area contributed by atoms with Crippen LogP contribution in [0.1, 0.15) is 32.8 Å². The fraction of sp³-hybridized carbons (Fsp3) is 0.650. The summed E-state index contributed by atoms with van der Waals surface area (Å²) in [7, 11) is 1.65. The van der Waals surface area contributed by atoms with Gasteiger partial charge in [0.05, 0.1) is 13.7 Å². The highest BCUT2D eigenvalue weighted by Crippen LogP contribution is 2.28. The van der Waals surface area contributed by atoms with Crippen molar-refractivity contribution in [1.29, 1.82) is 0 Å². The molecule has 0 saturated heterocycles. The number of methoxy groups -OCH3 is 1. The summed E-state index contributed by atoms with van der Waals surface area (Å²) in [5.41, 5.74) is 6.91. The van der Waals surface area contributed by atoms with E-state index in [1.54, 1.807) is 7.11 Å². The number of halogens is 1. The maximum Gasteiger partial charge on any atom is 0.188 e. The molecule has 0 radical (unpaired) electrons. The van der Waals surface area contributed by atoms with E-state index in [-0.39, 0.29) is 24.0 Å². The first-order chi connectivity index (χ1) is 13.1. The Morgan fingerprint density at radius 1 is 1.14 bits per heavy atom. The third-order valence-electron chi connectivity index (χ3n) is 4.20. The largest absolute Gasteiger partial charge is 0.493 e. The number of hydrogen-bond acceptors (Lipinski definition) is 5. The van der Waals surface area contributed by atoms with E-state index in [4.69, 9.17) is 19.9 Å². The summed E-state index contributed by atoms with van der Waals surface area (Å²) in [4.78, 5) is 6.68. The average molecular weight is 508 g/mol. The Balaban J connectivity index is 0.00000729. The van der Waals surface area contributed by atoms with Crippen molar-refractivity contribution in [3.63, 3.8) is 0 Å². The van der Waals surface area contributed by atoms with Crippen LogP contribution in [0, 0.1) is 0 Å². The van der Waals surface area contributed by atoms with E-state index in [9.17, 15) is 0 Å². The van der Waals surface area contributed by atoms with E-state index in [1.807, 2.05) is 25.1 Å². The van der Waals surface area contributed by atoms with E-state index in [1.165, 1.54) is 0 Å². The van der Waals surface area contributed by atoms with Gasteiger partial charge >= 0.3 is 0 Å². The number of likely N-dealkylation sites (N-methyl/N-ethyl adjacent to an activating group) is 1. The Morgan fingerprint density at radius 2 is 1.89 bits per heavy atom. The molecule has 1 aromatic rings. The van der Waals surface area contributed by atoms with Crippen LogP contribution in [0.15, 0.2) is 23.2 Å². The molecule has 28 heavy (non-hydrogen) atoms. The normalized spacial score (nSPS) is 11.2. The van der Waals surface area contributed by atoms with Gasteiger partial charge in [0.25, 0.3) is 0 Å². The summed E-state index contributed by atoms with van der Waals surface area (Å²) in [6, 6.07) is 5.86. The molecule has 0 spiro atoms. The van der Waals surface area contributed by atoms with Crippen molar-refractivity contribution in [3.8, 4) is 11.5 Å². The highest BCUT2D eigenvalue weighted by atomic mass is 127. The molecule has 162 valence electrons.